The minimum atomic E-state index is 0.100. The molecule has 0 aliphatic heterocycles. The first-order valence-corrected chi connectivity index (χ1v) is 6.60. The summed E-state index contributed by atoms with van der Waals surface area (Å²) in [4.78, 5) is 0. The Kier molecular flexibility index (Phi) is 7.11. The molecule has 0 aromatic carbocycles. The van der Waals surface area contributed by atoms with Crippen LogP contribution in [0.25, 0.3) is 0 Å². The lowest BCUT2D eigenvalue weighted by atomic mass is 9.65. The largest absolute Gasteiger partial charge is 0.382 e. The lowest BCUT2D eigenvalue weighted by Gasteiger charge is -2.49. The Labute approximate surface area is 110 Å². The fourth-order valence-electron chi connectivity index (χ4n) is 1.91. The highest BCUT2D eigenvalue weighted by molar-refractivity contribution is 5.00. The zero-order valence-corrected chi connectivity index (χ0v) is 11.8. The summed E-state index contributed by atoms with van der Waals surface area (Å²) >= 11 is 0. The number of methoxy groups -OCH3 is 1. The lowest BCUT2D eigenvalue weighted by Crippen LogP contribution is -2.59. The molecule has 0 amide bonds. The van der Waals surface area contributed by atoms with E-state index in [1.165, 1.54) is 0 Å². The number of ether oxygens (including phenoxy) is 4. The minimum Gasteiger partial charge on any atom is -0.382 e. The van der Waals surface area contributed by atoms with E-state index in [0.29, 0.717) is 39.6 Å². The van der Waals surface area contributed by atoms with E-state index < -0.39 is 0 Å². The molecule has 5 nitrogen and oxygen atoms in total. The van der Waals surface area contributed by atoms with E-state index in [-0.39, 0.29) is 17.6 Å². The Bertz CT molecular complexity index is 223. The topological polar surface area (TPSA) is 62.9 Å². The Hall–Kier alpha value is -0.200. The first-order valence-electron chi connectivity index (χ1n) is 6.60. The molecular weight excluding hydrogens is 234 g/mol. The molecular formula is C13H27NO4. The quantitative estimate of drug-likeness (QED) is 0.590. The second kappa shape index (κ2) is 8.07. The SMILES string of the molecule is COCCOCCOCCOC1CC(N)C1(C)C. The molecule has 0 spiro atoms. The van der Waals surface area contributed by atoms with Crippen LogP contribution in [0.2, 0.25) is 0 Å². The summed E-state index contributed by atoms with van der Waals surface area (Å²) in [7, 11) is 1.66. The fourth-order valence-corrected chi connectivity index (χ4v) is 1.91. The van der Waals surface area contributed by atoms with Gasteiger partial charge >= 0.3 is 0 Å². The minimum absolute atomic E-state index is 0.100. The van der Waals surface area contributed by atoms with E-state index in [0.717, 1.165) is 6.42 Å². The second-order valence-corrected chi connectivity index (χ2v) is 5.24. The Morgan fingerprint density at radius 2 is 1.56 bits per heavy atom. The van der Waals surface area contributed by atoms with Crippen LogP contribution in [-0.4, -0.2) is 58.9 Å². The molecule has 0 saturated heterocycles. The fraction of sp³-hybridized carbons (Fsp3) is 1.00. The van der Waals surface area contributed by atoms with Crippen molar-refractivity contribution in [2.24, 2.45) is 11.1 Å². The van der Waals surface area contributed by atoms with Gasteiger partial charge in [0.2, 0.25) is 0 Å². The maximum absolute atomic E-state index is 5.92. The van der Waals surface area contributed by atoms with Crippen LogP contribution in [0.1, 0.15) is 20.3 Å². The van der Waals surface area contributed by atoms with E-state index in [1.54, 1.807) is 7.11 Å². The van der Waals surface area contributed by atoms with Crippen LogP contribution in [0.4, 0.5) is 0 Å². The van der Waals surface area contributed by atoms with Crippen LogP contribution in [0.3, 0.4) is 0 Å². The van der Waals surface area contributed by atoms with E-state index in [2.05, 4.69) is 13.8 Å². The van der Waals surface area contributed by atoms with Crippen molar-refractivity contribution < 1.29 is 18.9 Å². The monoisotopic (exact) mass is 261 g/mol. The van der Waals surface area contributed by atoms with Gasteiger partial charge in [-0.05, 0) is 6.42 Å². The van der Waals surface area contributed by atoms with Gasteiger partial charge in [0, 0.05) is 18.6 Å². The van der Waals surface area contributed by atoms with E-state index in [9.17, 15) is 0 Å². The highest BCUT2D eigenvalue weighted by Crippen LogP contribution is 2.41. The molecule has 1 rings (SSSR count). The third-order valence-corrected chi connectivity index (χ3v) is 3.60. The van der Waals surface area contributed by atoms with Crippen molar-refractivity contribution in [2.45, 2.75) is 32.4 Å². The van der Waals surface area contributed by atoms with Crippen LogP contribution in [-0.2, 0) is 18.9 Å². The maximum atomic E-state index is 5.92. The molecule has 0 aromatic heterocycles. The molecule has 0 aromatic rings. The maximum Gasteiger partial charge on any atom is 0.0704 e. The second-order valence-electron chi connectivity index (χ2n) is 5.24. The standard InChI is InChI=1S/C13H27NO4/c1-13(2)11(14)10-12(13)18-9-8-17-7-6-16-5-4-15-3/h11-12H,4-10,14H2,1-3H3. The van der Waals surface area contributed by atoms with Gasteiger partial charge in [-0.25, -0.2) is 0 Å². The molecule has 1 aliphatic carbocycles. The van der Waals surface area contributed by atoms with Crippen molar-refractivity contribution in [1.82, 2.24) is 0 Å². The van der Waals surface area contributed by atoms with Crippen LogP contribution in [0, 0.1) is 5.41 Å². The van der Waals surface area contributed by atoms with Gasteiger partial charge in [-0.3, -0.25) is 0 Å². The van der Waals surface area contributed by atoms with E-state index >= 15 is 0 Å². The van der Waals surface area contributed by atoms with Gasteiger partial charge in [0.05, 0.1) is 45.7 Å². The van der Waals surface area contributed by atoms with Crippen molar-refractivity contribution in [2.75, 3.05) is 46.8 Å². The lowest BCUT2D eigenvalue weighted by molar-refractivity contribution is -0.119. The summed E-state index contributed by atoms with van der Waals surface area (Å²) in [6.45, 7) is 7.97. The molecule has 2 unspecified atom stereocenters. The number of hydrogen-bond acceptors (Lipinski definition) is 5. The van der Waals surface area contributed by atoms with Gasteiger partial charge in [-0.15, -0.1) is 0 Å². The Balaban J connectivity index is 1.85. The zero-order valence-electron chi connectivity index (χ0n) is 11.8. The molecule has 0 heterocycles. The van der Waals surface area contributed by atoms with E-state index in [1.807, 2.05) is 0 Å². The number of hydrogen-bond donors (Lipinski definition) is 1. The van der Waals surface area contributed by atoms with Crippen LogP contribution >= 0.6 is 0 Å². The number of nitrogens with two attached hydrogens (primary N) is 1. The van der Waals surface area contributed by atoms with Gasteiger partial charge in [0.15, 0.2) is 0 Å². The number of rotatable bonds is 10. The summed E-state index contributed by atoms with van der Waals surface area (Å²) in [5.41, 5.74) is 6.02. The van der Waals surface area contributed by atoms with Gasteiger partial charge in [-0.1, -0.05) is 13.8 Å². The molecule has 108 valence electrons. The Morgan fingerprint density at radius 3 is 2.06 bits per heavy atom. The Morgan fingerprint density at radius 1 is 1.00 bits per heavy atom. The van der Waals surface area contributed by atoms with E-state index in [4.69, 9.17) is 24.7 Å². The average Bonchev–Trinajstić information content (AvgIpc) is 2.35. The molecule has 0 bridgehead atoms. The average molecular weight is 261 g/mol. The predicted octanol–water partition coefficient (Wildman–Crippen LogP) is 0.808. The zero-order chi connectivity index (χ0) is 13.4. The van der Waals surface area contributed by atoms with Crippen molar-refractivity contribution in [3.8, 4) is 0 Å². The van der Waals surface area contributed by atoms with Crippen LogP contribution < -0.4 is 5.73 Å². The van der Waals surface area contributed by atoms with Crippen molar-refractivity contribution >= 4 is 0 Å². The summed E-state index contributed by atoms with van der Waals surface area (Å²) in [5.74, 6) is 0. The van der Waals surface area contributed by atoms with Crippen molar-refractivity contribution in [1.29, 1.82) is 0 Å². The third-order valence-electron chi connectivity index (χ3n) is 3.60. The first kappa shape index (κ1) is 15.9. The van der Waals surface area contributed by atoms with Gasteiger partial charge < -0.3 is 24.7 Å². The summed E-state index contributed by atoms with van der Waals surface area (Å²) < 4.78 is 21.3. The van der Waals surface area contributed by atoms with Crippen LogP contribution in [0.5, 0.6) is 0 Å². The molecule has 0 radical (unpaired) electrons. The highest BCUT2D eigenvalue weighted by Gasteiger charge is 2.46. The molecule has 2 N–H and O–H groups in total. The smallest absolute Gasteiger partial charge is 0.0704 e. The summed E-state index contributed by atoms with van der Waals surface area (Å²) in [6.07, 6.45) is 1.22. The molecule has 2 atom stereocenters. The summed E-state index contributed by atoms with van der Waals surface area (Å²) in [6, 6.07) is 0.262. The molecule has 5 heteroatoms. The predicted molar refractivity (Wildman–Crippen MR) is 69.6 cm³/mol. The van der Waals surface area contributed by atoms with Crippen molar-refractivity contribution in [3.05, 3.63) is 0 Å². The highest BCUT2D eigenvalue weighted by atomic mass is 16.6. The summed E-state index contributed by atoms with van der Waals surface area (Å²) in [5, 5.41) is 0. The molecule has 1 aliphatic rings. The normalized spacial score (nSPS) is 26.0. The molecule has 1 fully saturated rings. The molecule has 1 saturated carbocycles. The van der Waals surface area contributed by atoms with Gasteiger partial charge in [-0.2, -0.15) is 0 Å². The van der Waals surface area contributed by atoms with Gasteiger partial charge in [0.1, 0.15) is 0 Å². The third kappa shape index (κ3) is 4.82. The van der Waals surface area contributed by atoms with Gasteiger partial charge in [0.25, 0.3) is 0 Å². The molecule has 18 heavy (non-hydrogen) atoms. The van der Waals surface area contributed by atoms with Crippen molar-refractivity contribution in [3.63, 3.8) is 0 Å². The first-order chi connectivity index (χ1) is 8.59. The van der Waals surface area contributed by atoms with Crippen LogP contribution in [0.15, 0.2) is 0 Å².